The lowest BCUT2D eigenvalue weighted by Gasteiger charge is -2.35. The molecule has 1 saturated heterocycles. The number of rotatable bonds is 6. The van der Waals surface area contributed by atoms with Gasteiger partial charge in [0.1, 0.15) is 5.56 Å². The highest BCUT2D eigenvalue weighted by Crippen LogP contribution is 2.25. The molecule has 0 aliphatic carbocycles. The van der Waals surface area contributed by atoms with Gasteiger partial charge >= 0.3 is 0 Å². The Morgan fingerprint density at radius 1 is 1.14 bits per heavy atom. The molecule has 0 bridgehead atoms. The van der Waals surface area contributed by atoms with Crippen molar-refractivity contribution in [2.24, 2.45) is 0 Å². The van der Waals surface area contributed by atoms with Crippen molar-refractivity contribution < 1.29 is 14.5 Å². The Morgan fingerprint density at radius 2 is 1.79 bits per heavy atom. The van der Waals surface area contributed by atoms with Gasteiger partial charge in [0.2, 0.25) is 0 Å². The predicted molar refractivity (Wildman–Crippen MR) is 107 cm³/mol. The van der Waals surface area contributed by atoms with Crippen LogP contribution in [0.5, 0.6) is 0 Å². The fraction of sp³-hybridized carbons (Fsp3) is 0.316. The van der Waals surface area contributed by atoms with E-state index in [0.29, 0.717) is 18.2 Å². The summed E-state index contributed by atoms with van der Waals surface area (Å²) in [5.41, 5.74) is 0.651. The molecule has 0 aromatic heterocycles. The normalized spacial score (nSPS) is 15.8. The highest BCUT2D eigenvalue weighted by molar-refractivity contribution is 6.31. The van der Waals surface area contributed by atoms with Gasteiger partial charge in [-0.15, -0.1) is 0 Å². The molecule has 1 amide bonds. The van der Waals surface area contributed by atoms with Crippen molar-refractivity contribution in [1.29, 1.82) is 0 Å². The van der Waals surface area contributed by atoms with E-state index in [2.05, 4.69) is 10.2 Å². The first-order chi connectivity index (χ1) is 13.5. The summed E-state index contributed by atoms with van der Waals surface area (Å²) in [4.78, 5) is 25.5. The molecule has 2 aromatic rings. The Balaban J connectivity index is 1.80. The summed E-state index contributed by atoms with van der Waals surface area (Å²) in [5, 5.41) is 14.9. The van der Waals surface area contributed by atoms with Gasteiger partial charge in [0.25, 0.3) is 11.6 Å². The number of nitro benzene ring substituents is 1. The molecule has 1 aliphatic rings. The van der Waals surface area contributed by atoms with Gasteiger partial charge < -0.3 is 10.1 Å². The third kappa shape index (κ3) is 4.99. The van der Waals surface area contributed by atoms with E-state index >= 15 is 0 Å². The lowest BCUT2D eigenvalue weighted by atomic mass is 10.0. The number of hydrogen-bond donors (Lipinski definition) is 1. The first-order valence-corrected chi connectivity index (χ1v) is 9.50. The van der Waals surface area contributed by atoms with Crippen molar-refractivity contribution in [2.75, 3.05) is 32.8 Å². The highest BCUT2D eigenvalue weighted by atomic mass is 35.5. The standard InChI is InChI=1S/C19H19Cl2N3O4/c20-14-3-1-13(2-4-14)18(23-7-9-28-10-8-23)12-22-19(25)16-11-15(21)5-6-17(16)24(26)27/h1-6,11,18H,7-10,12H2,(H,22,25). The zero-order chi connectivity index (χ0) is 20.1. The Bertz CT molecular complexity index is 855. The topological polar surface area (TPSA) is 84.7 Å². The van der Waals surface area contributed by atoms with Gasteiger partial charge in [0.05, 0.1) is 24.2 Å². The van der Waals surface area contributed by atoms with Crippen LogP contribution in [-0.2, 0) is 4.74 Å². The zero-order valence-corrected chi connectivity index (χ0v) is 16.4. The van der Waals surface area contributed by atoms with Gasteiger partial charge in [-0.2, -0.15) is 0 Å². The van der Waals surface area contributed by atoms with Crippen LogP contribution in [-0.4, -0.2) is 48.6 Å². The SMILES string of the molecule is O=C(NCC(c1ccc(Cl)cc1)N1CCOCC1)c1cc(Cl)ccc1[N+](=O)[O-]. The molecule has 1 N–H and O–H groups in total. The second-order valence-electron chi connectivity index (χ2n) is 6.34. The molecule has 7 nitrogen and oxygen atoms in total. The molecule has 0 saturated carbocycles. The molecule has 1 fully saturated rings. The first kappa shape index (κ1) is 20.5. The molecule has 2 aromatic carbocycles. The number of nitro groups is 1. The zero-order valence-electron chi connectivity index (χ0n) is 14.9. The summed E-state index contributed by atoms with van der Waals surface area (Å²) in [6.07, 6.45) is 0. The lowest BCUT2D eigenvalue weighted by Crippen LogP contribution is -2.43. The smallest absolute Gasteiger partial charge is 0.282 e. The number of halogens is 2. The van der Waals surface area contributed by atoms with E-state index in [4.69, 9.17) is 27.9 Å². The molecular weight excluding hydrogens is 405 g/mol. The predicted octanol–water partition coefficient (Wildman–Crippen LogP) is 3.70. The summed E-state index contributed by atoms with van der Waals surface area (Å²) in [5.74, 6) is -0.540. The van der Waals surface area contributed by atoms with E-state index < -0.39 is 10.8 Å². The van der Waals surface area contributed by atoms with Crippen molar-refractivity contribution in [3.05, 3.63) is 73.8 Å². The van der Waals surface area contributed by atoms with Crippen LogP contribution in [0.3, 0.4) is 0 Å². The number of amides is 1. The third-order valence-electron chi connectivity index (χ3n) is 4.60. The van der Waals surface area contributed by atoms with Crippen molar-refractivity contribution in [3.63, 3.8) is 0 Å². The van der Waals surface area contributed by atoms with E-state index in [1.54, 1.807) is 12.1 Å². The molecule has 9 heteroatoms. The fourth-order valence-electron chi connectivity index (χ4n) is 3.17. The van der Waals surface area contributed by atoms with E-state index in [1.165, 1.54) is 18.2 Å². The summed E-state index contributed by atoms with van der Waals surface area (Å²) in [6.45, 7) is 2.95. The number of hydrogen-bond acceptors (Lipinski definition) is 5. The van der Waals surface area contributed by atoms with Gasteiger partial charge in [0.15, 0.2) is 0 Å². The Labute approximate surface area is 172 Å². The van der Waals surface area contributed by atoms with Crippen molar-refractivity contribution in [1.82, 2.24) is 10.2 Å². The molecular formula is C19H19Cl2N3O4. The molecule has 1 aliphatic heterocycles. The van der Waals surface area contributed by atoms with Gasteiger partial charge in [-0.1, -0.05) is 35.3 Å². The second kappa shape index (κ2) is 9.34. The van der Waals surface area contributed by atoms with Crippen molar-refractivity contribution in [3.8, 4) is 0 Å². The Hall–Kier alpha value is -2.19. The van der Waals surface area contributed by atoms with Gasteiger partial charge in [-0.3, -0.25) is 19.8 Å². The molecule has 0 radical (unpaired) electrons. The minimum atomic E-state index is -0.593. The highest BCUT2D eigenvalue weighted by Gasteiger charge is 2.25. The maximum atomic E-state index is 12.7. The van der Waals surface area contributed by atoms with Crippen LogP contribution in [0, 0.1) is 10.1 Å². The van der Waals surface area contributed by atoms with Gasteiger partial charge in [-0.25, -0.2) is 0 Å². The lowest BCUT2D eigenvalue weighted by molar-refractivity contribution is -0.385. The van der Waals surface area contributed by atoms with Crippen molar-refractivity contribution >= 4 is 34.8 Å². The van der Waals surface area contributed by atoms with E-state index in [-0.39, 0.29) is 28.9 Å². The number of ether oxygens (including phenoxy) is 1. The molecule has 0 spiro atoms. The first-order valence-electron chi connectivity index (χ1n) is 8.75. The Kier molecular flexibility index (Phi) is 6.85. The van der Waals surface area contributed by atoms with E-state index in [1.807, 2.05) is 12.1 Å². The van der Waals surface area contributed by atoms with Gasteiger partial charge in [0, 0.05) is 35.7 Å². The third-order valence-corrected chi connectivity index (χ3v) is 5.08. The number of morpholine rings is 1. The quantitative estimate of drug-likeness (QED) is 0.565. The van der Waals surface area contributed by atoms with Crippen molar-refractivity contribution in [2.45, 2.75) is 6.04 Å². The summed E-state index contributed by atoms with van der Waals surface area (Å²) in [7, 11) is 0. The molecule has 1 unspecified atom stereocenters. The minimum absolute atomic E-state index is 0.0608. The van der Waals surface area contributed by atoms with Crippen LogP contribution < -0.4 is 5.32 Å². The maximum Gasteiger partial charge on any atom is 0.282 e. The van der Waals surface area contributed by atoms with Crippen LogP contribution in [0.4, 0.5) is 5.69 Å². The van der Waals surface area contributed by atoms with Crippen LogP contribution in [0.2, 0.25) is 10.0 Å². The molecule has 1 heterocycles. The fourth-order valence-corrected chi connectivity index (χ4v) is 3.46. The largest absolute Gasteiger partial charge is 0.379 e. The monoisotopic (exact) mass is 423 g/mol. The van der Waals surface area contributed by atoms with Crippen LogP contribution in [0.25, 0.3) is 0 Å². The summed E-state index contributed by atoms with van der Waals surface area (Å²) >= 11 is 11.9. The molecule has 148 valence electrons. The van der Waals surface area contributed by atoms with Crippen LogP contribution >= 0.6 is 23.2 Å². The van der Waals surface area contributed by atoms with Gasteiger partial charge in [-0.05, 0) is 29.8 Å². The number of nitrogens with one attached hydrogen (secondary N) is 1. The maximum absolute atomic E-state index is 12.7. The molecule has 28 heavy (non-hydrogen) atoms. The summed E-state index contributed by atoms with van der Waals surface area (Å²) in [6, 6.07) is 11.2. The van der Waals surface area contributed by atoms with E-state index in [0.717, 1.165) is 18.7 Å². The number of carbonyl (C=O) groups is 1. The van der Waals surface area contributed by atoms with E-state index in [9.17, 15) is 14.9 Å². The number of benzene rings is 2. The second-order valence-corrected chi connectivity index (χ2v) is 7.22. The van der Waals surface area contributed by atoms with Crippen LogP contribution in [0.1, 0.15) is 22.0 Å². The van der Waals surface area contributed by atoms with Crippen LogP contribution in [0.15, 0.2) is 42.5 Å². The Morgan fingerprint density at radius 3 is 2.43 bits per heavy atom. The average Bonchev–Trinajstić information content (AvgIpc) is 2.69. The molecule has 3 rings (SSSR count). The number of carbonyl (C=O) groups excluding carboxylic acids is 1. The number of nitrogens with zero attached hydrogens (tertiary/aromatic N) is 2. The minimum Gasteiger partial charge on any atom is -0.379 e. The summed E-state index contributed by atoms with van der Waals surface area (Å²) < 4.78 is 5.42. The average molecular weight is 424 g/mol. The molecule has 1 atom stereocenters.